The molecule has 0 heterocycles. The third-order valence-electron chi connectivity index (χ3n) is 4.46. The van der Waals surface area contributed by atoms with Crippen molar-refractivity contribution in [2.45, 2.75) is 0 Å². The van der Waals surface area contributed by atoms with Crippen molar-refractivity contribution in [1.82, 2.24) is 0 Å². The first kappa shape index (κ1) is 15.2. The van der Waals surface area contributed by atoms with Gasteiger partial charge < -0.3 is 5.73 Å². The van der Waals surface area contributed by atoms with Crippen LogP contribution >= 0.6 is 0 Å². The molecule has 0 aliphatic rings. The molecule has 0 aromatic heterocycles. The minimum Gasteiger partial charge on any atom is -0.398 e. The summed E-state index contributed by atoms with van der Waals surface area (Å²) in [6, 6.07) is 35.7. The van der Waals surface area contributed by atoms with Gasteiger partial charge in [-0.1, -0.05) is 91.0 Å². The van der Waals surface area contributed by atoms with Crippen molar-refractivity contribution in [3.05, 3.63) is 103 Å². The van der Waals surface area contributed by atoms with Crippen LogP contribution in [-0.2, 0) is 0 Å². The van der Waals surface area contributed by atoms with E-state index in [-0.39, 0.29) is 0 Å². The first-order chi connectivity index (χ1) is 12.3. The summed E-state index contributed by atoms with van der Waals surface area (Å²) in [7, 11) is 0. The van der Waals surface area contributed by atoms with Crippen molar-refractivity contribution in [3.8, 4) is 33.4 Å². The first-order valence-electron chi connectivity index (χ1n) is 8.42. The molecule has 0 atom stereocenters. The Balaban J connectivity index is 1.68. The monoisotopic (exact) mass is 321 g/mol. The Morgan fingerprint density at radius 1 is 0.400 bits per heavy atom. The fraction of sp³-hybridized carbons (Fsp3) is 0. The molecule has 0 saturated carbocycles. The highest BCUT2D eigenvalue weighted by Crippen LogP contribution is 2.30. The van der Waals surface area contributed by atoms with Gasteiger partial charge in [0.25, 0.3) is 0 Å². The quantitative estimate of drug-likeness (QED) is 0.442. The van der Waals surface area contributed by atoms with Gasteiger partial charge in [0.2, 0.25) is 0 Å². The van der Waals surface area contributed by atoms with E-state index >= 15 is 0 Å². The maximum Gasteiger partial charge on any atom is 0.0393 e. The fourth-order valence-electron chi connectivity index (χ4n) is 3.11. The van der Waals surface area contributed by atoms with Gasteiger partial charge in [0.05, 0.1) is 0 Å². The Bertz CT molecular complexity index is 986. The molecule has 4 aromatic carbocycles. The Morgan fingerprint density at radius 3 is 1.60 bits per heavy atom. The maximum absolute atomic E-state index is 6.09. The van der Waals surface area contributed by atoms with E-state index in [1.807, 2.05) is 24.3 Å². The molecule has 4 rings (SSSR count). The minimum atomic E-state index is 0.807. The summed E-state index contributed by atoms with van der Waals surface area (Å²) in [6.07, 6.45) is 0. The molecule has 0 aliphatic carbocycles. The van der Waals surface area contributed by atoms with Gasteiger partial charge in [-0.25, -0.2) is 0 Å². The van der Waals surface area contributed by atoms with Gasteiger partial charge in [-0.3, -0.25) is 0 Å². The molecule has 25 heavy (non-hydrogen) atoms. The summed E-state index contributed by atoms with van der Waals surface area (Å²) < 4.78 is 0. The molecule has 1 nitrogen and oxygen atoms in total. The van der Waals surface area contributed by atoms with Gasteiger partial charge in [0.15, 0.2) is 0 Å². The van der Waals surface area contributed by atoms with Gasteiger partial charge in [-0.15, -0.1) is 0 Å². The van der Waals surface area contributed by atoms with E-state index in [0.29, 0.717) is 0 Å². The van der Waals surface area contributed by atoms with E-state index < -0.39 is 0 Å². The molecule has 0 fully saturated rings. The van der Waals surface area contributed by atoms with Crippen LogP contribution in [0.2, 0.25) is 0 Å². The van der Waals surface area contributed by atoms with Gasteiger partial charge in [-0.2, -0.15) is 0 Å². The van der Waals surface area contributed by atoms with Gasteiger partial charge >= 0.3 is 0 Å². The topological polar surface area (TPSA) is 26.0 Å². The average Bonchev–Trinajstić information content (AvgIpc) is 2.69. The number of nitrogen functional groups attached to an aromatic ring is 1. The summed E-state index contributed by atoms with van der Waals surface area (Å²) in [5.74, 6) is 0. The predicted octanol–water partition coefficient (Wildman–Crippen LogP) is 6.27. The van der Waals surface area contributed by atoms with Crippen molar-refractivity contribution >= 4 is 5.69 Å². The number of anilines is 1. The number of rotatable bonds is 3. The SMILES string of the molecule is Nc1ccccc1-c1ccc(-c2cccc(-c3ccccc3)c2)cc1. The van der Waals surface area contributed by atoms with E-state index in [9.17, 15) is 0 Å². The molecule has 0 radical (unpaired) electrons. The molecule has 0 spiro atoms. The normalized spacial score (nSPS) is 10.6. The molecule has 0 aliphatic heterocycles. The second kappa shape index (κ2) is 6.66. The van der Waals surface area contributed by atoms with Gasteiger partial charge in [-0.05, 0) is 39.9 Å². The average molecular weight is 321 g/mol. The molecule has 1 heteroatoms. The highest BCUT2D eigenvalue weighted by atomic mass is 14.6. The number of para-hydroxylation sites is 1. The molecular formula is C24H19N. The van der Waals surface area contributed by atoms with Gasteiger partial charge in [0.1, 0.15) is 0 Å². The van der Waals surface area contributed by atoms with Crippen LogP contribution in [0.25, 0.3) is 33.4 Å². The second-order valence-electron chi connectivity index (χ2n) is 6.11. The lowest BCUT2D eigenvalue weighted by Gasteiger charge is -2.09. The van der Waals surface area contributed by atoms with Crippen molar-refractivity contribution in [2.24, 2.45) is 0 Å². The standard InChI is InChI=1S/C24H19N/c25-24-12-5-4-11-23(24)20-15-13-19(14-16-20)22-10-6-9-21(17-22)18-7-2-1-3-8-18/h1-17H,25H2. The zero-order valence-electron chi connectivity index (χ0n) is 13.9. The highest BCUT2D eigenvalue weighted by molar-refractivity contribution is 5.79. The summed E-state index contributed by atoms with van der Waals surface area (Å²) in [4.78, 5) is 0. The zero-order valence-corrected chi connectivity index (χ0v) is 13.9. The van der Waals surface area contributed by atoms with E-state index in [4.69, 9.17) is 5.73 Å². The summed E-state index contributed by atoms with van der Waals surface area (Å²) in [5.41, 5.74) is 14.0. The number of hydrogen-bond acceptors (Lipinski definition) is 1. The van der Waals surface area contributed by atoms with E-state index in [1.54, 1.807) is 0 Å². The van der Waals surface area contributed by atoms with Crippen molar-refractivity contribution in [3.63, 3.8) is 0 Å². The zero-order chi connectivity index (χ0) is 17.1. The lowest BCUT2D eigenvalue weighted by Crippen LogP contribution is -1.89. The Hall–Kier alpha value is -3.32. The first-order valence-corrected chi connectivity index (χ1v) is 8.42. The molecule has 2 N–H and O–H groups in total. The highest BCUT2D eigenvalue weighted by Gasteiger charge is 2.04. The van der Waals surface area contributed by atoms with Gasteiger partial charge in [0, 0.05) is 11.3 Å². The summed E-state index contributed by atoms with van der Waals surface area (Å²) in [5, 5.41) is 0. The molecule has 0 unspecified atom stereocenters. The van der Waals surface area contributed by atoms with Crippen molar-refractivity contribution in [2.75, 3.05) is 5.73 Å². The van der Waals surface area contributed by atoms with Crippen LogP contribution in [-0.4, -0.2) is 0 Å². The molecule has 120 valence electrons. The van der Waals surface area contributed by atoms with Crippen LogP contribution in [0.15, 0.2) is 103 Å². The molecule has 4 aromatic rings. The number of nitrogens with two attached hydrogens (primary N) is 1. The Morgan fingerprint density at radius 2 is 0.920 bits per heavy atom. The number of benzene rings is 4. The van der Waals surface area contributed by atoms with Crippen LogP contribution in [0.1, 0.15) is 0 Å². The Labute approximate surface area is 148 Å². The van der Waals surface area contributed by atoms with Crippen LogP contribution in [0.3, 0.4) is 0 Å². The lowest BCUT2D eigenvalue weighted by atomic mass is 9.97. The van der Waals surface area contributed by atoms with E-state index in [0.717, 1.165) is 16.8 Å². The maximum atomic E-state index is 6.09. The molecule has 0 amide bonds. The molecule has 0 saturated heterocycles. The summed E-state index contributed by atoms with van der Waals surface area (Å²) >= 11 is 0. The third kappa shape index (κ3) is 3.17. The predicted molar refractivity (Wildman–Crippen MR) is 107 cm³/mol. The van der Waals surface area contributed by atoms with Crippen LogP contribution in [0.5, 0.6) is 0 Å². The van der Waals surface area contributed by atoms with Crippen molar-refractivity contribution < 1.29 is 0 Å². The second-order valence-corrected chi connectivity index (χ2v) is 6.11. The fourth-order valence-corrected chi connectivity index (χ4v) is 3.11. The summed E-state index contributed by atoms with van der Waals surface area (Å²) in [6.45, 7) is 0. The molecule has 0 bridgehead atoms. The lowest BCUT2D eigenvalue weighted by molar-refractivity contribution is 1.57. The largest absolute Gasteiger partial charge is 0.398 e. The minimum absolute atomic E-state index is 0.807. The number of hydrogen-bond donors (Lipinski definition) is 1. The smallest absolute Gasteiger partial charge is 0.0393 e. The van der Waals surface area contributed by atoms with Crippen LogP contribution in [0, 0.1) is 0 Å². The van der Waals surface area contributed by atoms with E-state index in [1.165, 1.54) is 22.3 Å². The third-order valence-corrected chi connectivity index (χ3v) is 4.46. The van der Waals surface area contributed by atoms with Crippen LogP contribution < -0.4 is 5.73 Å². The van der Waals surface area contributed by atoms with Crippen LogP contribution in [0.4, 0.5) is 5.69 Å². The van der Waals surface area contributed by atoms with Crippen molar-refractivity contribution in [1.29, 1.82) is 0 Å². The Kier molecular flexibility index (Phi) is 4.05. The van der Waals surface area contributed by atoms with E-state index in [2.05, 4.69) is 78.9 Å². The molecular weight excluding hydrogens is 302 g/mol.